The van der Waals surface area contributed by atoms with E-state index in [2.05, 4.69) is 4.74 Å². The van der Waals surface area contributed by atoms with Crippen LogP contribution in [0.4, 0.5) is 0 Å². The van der Waals surface area contributed by atoms with Gasteiger partial charge >= 0.3 is 0 Å². The second kappa shape index (κ2) is 1.29. The number of ether oxygens (including phenoxy) is 1. The summed E-state index contributed by atoms with van der Waals surface area (Å²) in [4.78, 5) is 9.31. The molecule has 1 saturated carbocycles. The number of hydrogen-bond acceptors (Lipinski definition) is 2. The van der Waals surface area contributed by atoms with E-state index in [4.69, 9.17) is 0 Å². The summed E-state index contributed by atoms with van der Waals surface area (Å²) in [5, 5.41) is 0. The zero-order chi connectivity index (χ0) is 4.41. The van der Waals surface area contributed by atoms with E-state index in [1.54, 1.807) is 0 Å². The molecule has 0 atom stereocenters. The second-order valence-electron chi connectivity index (χ2n) is 1.40. The molecule has 0 amide bonds. The highest BCUT2D eigenvalue weighted by molar-refractivity contribution is 5.39. The highest BCUT2D eigenvalue weighted by atomic mass is 16.5. The third-order valence-corrected chi connectivity index (χ3v) is 0.739. The molecule has 1 aliphatic rings. The molecule has 0 aliphatic heterocycles. The lowest BCUT2D eigenvalue weighted by atomic mass is 10.8. The average Bonchev–Trinajstić information content (AvgIpc) is 2.21. The van der Waals surface area contributed by atoms with Gasteiger partial charge in [-0.25, -0.2) is 0 Å². The first-order chi connectivity index (χ1) is 2.93. The van der Waals surface area contributed by atoms with Crippen LogP contribution in [0.5, 0.6) is 0 Å². The molecule has 0 saturated heterocycles. The molecule has 0 spiro atoms. The summed E-state index contributed by atoms with van der Waals surface area (Å²) in [6.07, 6.45) is 2.30. The Morgan fingerprint density at radius 3 is 2.50 bits per heavy atom. The van der Waals surface area contributed by atoms with Crippen LogP contribution in [0, 0.1) is 0 Å². The second-order valence-corrected chi connectivity index (χ2v) is 1.40. The first-order valence-corrected chi connectivity index (χ1v) is 1.96. The van der Waals surface area contributed by atoms with E-state index >= 15 is 0 Å². The molecule has 34 valence electrons. The molecule has 0 aromatic heterocycles. The molecule has 0 bridgehead atoms. The minimum absolute atomic E-state index is 0.225. The lowest BCUT2D eigenvalue weighted by molar-refractivity contribution is 0.265. The van der Waals surface area contributed by atoms with Gasteiger partial charge in [-0.3, -0.25) is 0 Å². The monoisotopic (exact) mass is 85.0 g/mol. The molecule has 2 nitrogen and oxygen atoms in total. The van der Waals surface area contributed by atoms with Crippen molar-refractivity contribution in [3.05, 3.63) is 0 Å². The lowest BCUT2D eigenvalue weighted by Gasteiger charge is -2.00. The topological polar surface area (TPSA) is 26.3 Å². The minimum atomic E-state index is 0.225. The van der Waals surface area contributed by atoms with Gasteiger partial charge in [0.15, 0.2) is 0 Å². The van der Waals surface area contributed by atoms with Crippen molar-refractivity contribution in [2.45, 2.75) is 18.9 Å². The normalized spacial score (nSPS) is 20.0. The van der Waals surface area contributed by atoms with Gasteiger partial charge in [0.1, 0.15) is 0 Å². The zero-order valence-corrected chi connectivity index (χ0v) is 3.31. The fourth-order valence-corrected chi connectivity index (χ4v) is 0.254. The third-order valence-electron chi connectivity index (χ3n) is 0.739. The Balaban J connectivity index is 2.00. The van der Waals surface area contributed by atoms with Crippen LogP contribution in [0.15, 0.2) is 0 Å². The molecule has 2 heteroatoms. The Morgan fingerprint density at radius 1 is 1.67 bits per heavy atom. The largest absolute Gasteiger partial charge is 0.651 e. The van der Waals surface area contributed by atoms with Gasteiger partial charge in [0, 0.05) is 0 Å². The van der Waals surface area contributed by atoms with Gasteiger partial charge in [-0.15, -0.1) is 0 Å². The number of rotatable bonds is 2. The molecule has 6 heavy (non-hydrogen) atoms. The molecule has 0 aromatic carbocycles. The van der Waals surface area contributed by atoms with Crippen molar-refractivity contribution in [3.8, 4) is 0 Å². The smallest absolute Gasteiger partial charge is 0.0598 e. The van der Waals surface area contributed by atoms with Crippen LogP contribution in [0.2, 0.25) is 0 Å². The average molecular weight is 85.1 g/mol. The van der Waals surface area contributed by atoms with Gasteiger partial charge in [0.25, 0.3) is 0 Å². The Hall–Kier alpha value is -0.530. The predicted molar refractivity (Wildman–Crippen MR) is 19.8 cm³/mol. The van der Waals surface area contributed by atoms with Gasteiger partial charge in [-0.1, -0.05) is 6.47 Å². The van der Waals surface area contributed by atoms with Gasteiger partial charge < -0.3 is 9.53 Å². The van der Waals surface area contributed by atoms with Crippen molar-refractivity contribution in [1.82, 2.24) is 0 Å². The van der Waals surface area contributed by atoms with Crippen LogP contribution in [0.1, 0.15) is 12.8 Å². The van der Waals surface area contributed by atoms with Crippen molar-refractivity contribution in [2.24, 2.45) is 0 Å². The van der Waals surface area contributed by atoms with E-state index in [0.717, 1.165) is 12.8 Å². The van der Waals surface area contributed by atoms with E-state index in [0.29, 0.717) is 0 Å². The van der Waals surface area contributed by atoms with E-state index in [9.17, 15) is 4.79 Å². The van der Waals surface area contributed by atoms with Crippen LogP contribution < -0.4 is 0 Å². The van der Waals surface area contributed by atoms with Crippen molar-refractivity contribution < 1.29 is 9.53 Å². The van der Waals surface area contributed by atoms with Gasteiger partial charge in [0.2, 0.25) is 0 Å². The molecule has 1 rings (SSSR count). The van der Waals surface area contributed by atoms with Crippen molar-refractivity contribution >= 4 is 6.47 Å². The summed E-state index contributed by atoms with van der Waals surface area (Å²) < 4.78 is 4.35. The van der Waals surface area contributed by atoms with E-state index in [-0.39, 0.29) is 6.10 Å². The summed E-state index contributed by atoms with van der Waals surface area (Å²) in [7, 11) is 0. The fourth-order valence-electron chi connectivity index (χ4n) is 0.254. The van der Waals surface area contributed by atoms with Crippen LogP contribution in [0.3, 0.4) is 0 Å². The fraction of sp³-hybridized carbons (Fsp3) is 0.750. The first kappa shape index (κ1) is 3.65. The lowest BCUT2D eigenvalue weighted by Crippen LogP contribution is -1.86. The highest BCUT2D eigenvalue weighted by Crippen LogP contribution is 2.21. The minimum Gasteiger partial charge on any atom is -0.651 e. The van der Waals surface area contributed by atoms with Crippen molar-refractivity contribution in [1.29, 1.82) is 0 Å². The van der Waals surface area contributed by atoms with Gasteiger partial charge in [-0.2, -0.15) is 0 Å². The molecule has 0 N–H and O–H groups in total. The summed E-state index contributed by atoms with van der Waals surface area (Å²) in [5.41, 5.74) is 0. The molecule has 0 unspecified atom stereocenters. The SMILES string of the molecule is O=[C-]OC1CC1. The molecule has 0 heterocycles. The van der Waals surface area contributed by atoms with Gasteiger partial charge in [-0.05, 0) is 12.8 Å². The quantitative estimate of drug-likeness (QED) is 0.449. The standard InChI is InChI=1S/C4H5O2/c5-3-6-4-1-2-4/h4H,1-2H2/q-1. The summed E-state index contributed by atoms with van der Waals surface area (Å²) in [6.45, 7) is 1.38. The van der Waals surface area contributed by atoms with Crippen LogP contribution >= 0.6 is 0 Å². The maximum Gasteiger partial charge on any atom is 0.0598 e. The molecular weight excluding hydrogens is 80.0 g/mol. The zero-order valence-electron chi connectivity index (χ0n) is 3.31. The van der Waals surface area contributed by atoms with Gasteiger partial charge in [0.05, 0.1) is 6.10 Å². The molecule has 1 aliphatic carbocycles. The number of carbonyl (C=O) groups excluding carboxylic acids is 1. The first-order valence-electron chi connectivity index (χ1n) is 1.96. The Bertz CT molecular complexity index is 56.6. The summed E-state index contributed by atoms with van der Waals surface area (Å²) in [6, 6.07) is 0. The molecule has 1 fully saturated rings. The van der Waals surface area contributed by atoms with Crippen molar-refractivity contribution in [3.63, 3.8) is 0 Å². The third kappa shape index (κ3) is 0.708. The Morgan fingerprint density at radius 2 is 2.33 bits per heavy atom. The van der Waals surface area contributed by atoms with Crippen LogP contribution in [0.25, 0.3) is 0 Å². The van der Waals surface area contributed by atoms with Crippen LogP contribution in [-0.2, 0) is 9.53 Å². The van der Waals surface area contributed by atoms with Crippen molar-refractivity contribution in [2.75, 3.05) is 0 Å². The molecule has 0 aromatic rings. The highest BCUT2D eigenvalue weighted by Gasteiger charge is 2.17. The summed E-state index contributed by atoms with van der Waals surface area (Å²) >= 11 is 0. The maximum absolute atomic E-state index is 9.31. The molecule has 0 radical (unpaired) electrons. The summed E-state index contributed by atoms with van der Waals surface area (Å²) in [5.74, 6) is 0. The Kier molecular flexibility index (Phi) is 0.783. The Labute approximate surface area is 36.1 Å². The maximum atomic E-state index is 9.31. The van der Waals surface area contributed by atoms with E-state index < -0.39 is 0 Å². The number of hydrogen-bond donors (Lipinski definition) is 0. The van der Waals surface area contributed by atoms with E-state index in [1.165, 1.54) is 6.47 Å². The molecular formula is C4H5O2-. The van der Waals surface area contributed by atoms with E-state index in [1.807, 2.05) is 0 Å². The predicted octanol–water partition coefficient (Wildman–Crippen LogP) is 0.233. The van der Waals surface area contributed by atoms with Crippen LogP contribution in [-0.4, -0.2) is 12.6 Å².